The van der Waals surface area contributed by atoms with E-state index in [1.807, 2.05) is 36.1 Å². The van der Waals surface area contributed by atoms with Gasteiger partial charge in [-0.3, -0.25) is 14.7 Å². The van der Waals surface area contributed by atoms with Gasteiger partial charge in [0.05, 0.1) is 5.52 Å². The molecule has 0 N–H and O–H groups in total. The summed E-state index contributed by atoms with van der Waals surface area (Å²) in [6, 6.07) is 12.4. The molecule has 4 nitrogen and oxygen atoms in total. The lowest BCUT2D eigenvalue weighted by Gasteiger charge is -2.17. The normalized spacial score (nSPS) is 11.3. The molecule has 0 unspecified atom stereocenters. The number of ketones is 1. The highest BCUT2D eigenvalue weighted by Crippen LogP contribution is 2.16. The summed E-state index contributed by atoms with van der Waals surface area (Å²) in [6.45, 7) is 3.26. The molecule has 1 aromatic carbocycles. The number of carbonyl (C=O) groups excluding carboxylic acids is 1. The van der Waals surface area contributed by atoms with E-state index < -0.39 is 0 Å². The zero-order valence-electron chi connectivity index (χ0n) is 13.8. The SMILES string of the molecule is CC(=O)c1cc(CN(C)Cc2ccc3ncccc3c2)n(C)c1. The molecule has 0 spiro atoms. The zero-order valence-corrected chi connectivity index (χ0v) is 13.8. The average molecular weight is 307 g/mol. The highest BCUT2D eigenvalue weighted by molar-refractivity contribution is 5.94. The van der Waals surface area contributed by atoms with E-state index in [4.69, 9.17) is 0 Å². The molecule has 0 saturated heterocycles. The number of rotatable bonds is 5. The maximum Gasteiger partial charge on any atom is 0.161 e. The summed E-state index contributed by atoms with van der Waals surface area (Å²) in [5.74, 6) is 0.108. The van der Waals surface area contributed by atoms with Crippen LogP contribution in [-0.2, 0) is 20.1 Å². The molecule has 2 heterocycles. The quantitative estimate of drug-likeness (QED) is 0.678. The smallest absolute Gasteiger partial charge is 0.161 e. The maximum atomic E-state index is 11.5. The fourth-order valence-electron chi connectivity index (χ4n) is 2.83. The van der Waals surface area contributed by atoms with E-state index in [1.165, 1.54) is 5.56 Å². The summed E-state index contributed by atoms with van der Waals surface area (Å²) in [7, 11) is 4.07. The number of hydrogen-bond donors (Lipinski definition) is 0. The Hall–Kier alpha value is -2.46. The van der Waals surface area contributed by atoms with Crippen LogP contribution in [0.1, 0.15) is 28.5 Å². The van der Waals surface area contributed by atoms with Gasteiger partial charge < -0.3 is 4.57 Å². The number of aryl methyl sites for hydroxylation is 1. The Balaban J connectivity index is 1.73. The molecule has 23 heavy (non-hydrogen) atoms. The van der Waals surface area contributed by atoms with Gasteiger partial charge in [-0.1, -0.05) is 12.1 Å². The maximum absolute atomic E-state index is 11.5. The Morgan fingerprint density at radius 2 is 2.04 bits per heavy atom. The summed E-state index contributed by atoms with van der Waals surface area (Å²) in [4.78, 5) is 18.1. The number of pyridine rings is 1. The molecule has 0 fully saturated rings. The molecule has 118 valence electrons. The average Bonchev–Trinajstić information content (AvgIpc) is 2.88. The van der Waals surface area contributed by atoms with E-state index in [-0.39, 0.29) is 5.78 Å². The number of Topliss-reactive ketones (excluding diaryl/α,β-unsaturated/α-hetero) is 1. The number of aromatic nitrogens is 2. The second kappa shape index (κ2) is 6.34. The fourth-order valence-corrected chi connectivity index (χ4v) is 2.83. The van der Waals surface area contributed by atoms with Gasteiger partial charge in [0.15, 0.2) is 5.78 Å². The number of carbonyl (C=O) groups is 1. The van der Waals surface area contributed by atoms with Crippen LogP contribution in [0.5, 0.6) is 0 Å². The van der Waals surface area contributed by atoms with Crippen LogP contribution in [-0.4, -0.2) is 27.3 Å². The number of nitrogens with zero attached hydrogens (tertiary/aromatic N) is 3. The van der Waals surface area contributed by atoms with Crippen molar-refractivity contribution >= 4 is 16.7 Å². The van der Waals surface area contributed by atoms with Crippen molar-refractivity contribution in [1.82, 2.24) is 14.5 Å². The predicted molar refractivity (Wildman–Crippen MR) is 92.3 cm³/mol. The first-order valence-electron chi connectivity index (χ1n) is 7.71. The van der Waals surface area contributed by atoms with Crippen molar-refractivity contribution in [3.05, 3.63) is 65.6 Å². The molecule has 4 heteroatoms. The molecule has 0 atom stereocenters. The molecule has 0 bridgehead atoms. The Morgan fingerprint density at radius 3 is 2.78 bits per heavy atom. The van der Waals surface area contributed by atoms with E-state index in [0.717, 1.165) is 35.2 Å². The van der Waals surface area contributed by atoms with Crippen molar-refractivity contribution in [3.8, 4) is 0 Å². The van der Waals surface area contributed by atoms with Crippen LogP contribution in [0.15, 0.2) is 48.8 Å². The third-order valence-electron chi connectivity index (χ3n) is 4.07. The Morgan fingerprint density at radius 1 is 1.22 bits per heavy atom. The number of fused-ring (bicyclic) bond motifs is 1. The van der Waals surface area contributed by atoms with Crippen molar-refractivity contribution in [2.45, 2.75) is 20.0 Å². The minimum Gasteiger partial charge on any atom is -0.353 e. The van der Waals surface area contributed by atoms with Gasteiger partial charge in [0.2, 0.25) is 0 Å². The summed E-state index contributed by atoms with van der Waals surface area (Å²) in [5, 5.41) is 1.16. The van der Waals surface area contributed by atoms with Crippen LogP contribution in [0.3, 0.4) is 0 Å². The molecule has 0 aliphatic heterocycles. The third kappa shape index (κ3) is 3.48. The van der Waals surface area contributed by atoms with Gasteiger partial charge in [0.25, 0.3) is 0 Å². The summed E-state index contributed by atoms with van der Waals surface area (Å²) >= 11 is 0. The van der Waals surface area contributed by atoms with Crippen molar-refractivity contribution in [1.29, 1.82) is 0 Å². The molecule has 3 aromatic rings. The topological polar surface area (TPSA) is 38.1 Å². The second-order valence-electron chi connectivity index (χ2n) is 6.09. The highest BCUT2D eigenvalue weighted by Gasteiger charge is 2.09. The first kappa shape index (κ1) is 15.4. The van der Waals surface area contributed by atoms with E-state index >= 15 is 0 Å². The highest BCUT2D eigenvalue weighted by atomic mass is 16.1. The number of hydrogen-bond acceptors (Lipinski definition) is 3. The minimum atomic E-state index is 0.108. The summed E-state index contributed by atoms with van der Waals surface area (Å²) in [5.41, 5.74) is 4.19. The van der Waals surface area contributed by atoms with Crippen LogP contribution in [0.4, 0.5) is 0 Å². The lowest BCUT2D eigenvalue weighted by Crippen LogP contribution is -2.18. The van der Waals surface area contributed by atoms with Crippen molar-refractivity contribution < 1.29 is 4.79 Å². The van der Waals surface area contributed by atoms with Crippen LogP contribution in [0.2, 0.25) is 0 Å². The largest absolute Gasteiger partial charge is 0.353 e. The van der Waals surface area contributed by atoms with E-state index in [9.17, 15) is 4.79 Å². The Bertz CT molecular complexity index is 851. The molecule has 2 aromatic heterocycles. The lowest BCUT2D eigenvalue weighted by molar-refractivity contribution is 0.101. The molecule has 0 amide bonds. The van der Waals surface area contributed by atoms with E-state index in [0.29, 0.717) is 0 Å². The number of benzene rings is 1. The fraction of sp³-hybridized carbons (Fsp3) is 0.263. The Labute approximate surface area is 136 Å². The first-order chi connectivity index (χ1) is 11.0. The van der Waals surface area contributed by atoms with Gasteiger partial charge in [0.1, 0.15) is 0 Å². The van der Waals surface area contributed by atoms with Gasteiger partial charge in [-0.05, 0) is 43.8 Å². The van der Waals surface area contributed by atoms with Crippen LogP contribution < -0.4 is 0 Å². The Kier molecular flexibility index (Phi) is 4.26. The van der Waals surface area contributed by atoms with Crippen molar-refractivity contribution in [2.75, 3.05) is 7.05 Å². The first-order valence-corrected chi connectivity index (χ1v) is 7.71. The van der Waals surface area contributed by atoms with E-state index in [2.05, 4.69) is 41.2 Å². The van der Waals surface area contributed by atoms with Gasteiger partial charge in [0, 0.05) is 49.2 Å². The molecule has 0 aliphatic rings. The van der Waals surface area contributed by atoms with Gasteiger partial charge >= 0.3 is 0 Å². The standard InChI is InChI=1S/C19H21N3O/c1-14(23)17-10-18(22(3)12-17)13-21(2)11-15-6-7-19-16(9-15)5-4-8-20-19/h4-10,12H,11,13H2,1-3H3. The molecule has 0 saturated carbocycles. The monoisotopic (exact) mass is 307 g/mol. The predicted octanol–water partition coefficient (Wildman–Crippen LogP) is 3.41. The molecule has 0 radical (unpaired) electrons. The van der Waals surface area contributed by atoms with Crippen LogP contribution in [0.25, 0.3) is 10.9 Å². The van der Waals surface area contributed by atoms with Crippen LogP contribution in [0, 0.1) is 0 Å². The van der Waals surface area contributed by atoms with E-state index in [1.54, 1.807) is 6.92 Å². The minimum absolute atomic E-state index is 0.108. The summed E-state index contributed by atoms with van der Waals surface area (Å²) < 4.78 is 2.03. The third-order valence-corrected chi connectivity index (χ3v) is 4.07. The molecule has 0 aliphatic carbocycles. The van der Waals surface area contributed by atoms with Crippen LogP contribution >= 0.6 is 0 Å². The van der Waals surface area contributed by atoms with Gasteiger partial charge in [-0.2, -0.15) is 0 Å². The summed E-state index contributed by atoms with van der Waals surface area (Å²) in [6.07, 6.45) is 3.71. The lowest BCUT2D eigenvalue weighted by atomic mass is 10.1. The molecule has 3 rings (SSSR count). The van der Waals surface area contributed by atoms with Gasteiger partial charge in [-0.15, -0.1) is 0 Å². The second-order valence-corrected chi connectivity index (χ2v) is 6.09. The molecular formula is C19H21N3O. The molecular weight excluding hydrogens is 286 g/mol. The van der Waals surface area contributed by atoms with Crippen molar-refractivity contribution in [3.63, 3.8) is 0 Å². The zero-order chi connectivity index (χ0) is 16.4. The van der Waals surface area contributed by atoms with Crippen molar-refractivity contribution in [2.24, 2.45) is 7.05 Å². The van der Waals surface area contributed by atoms with Gasteiger partial charge in [-0.25, -0.2) is 0 Å².